The van der Waals surface area contributed by atoms with Gasteiger partial charge in [0, 0.05) is 13.1 Å². The summed E-state index contributed by atoms with van der Waals surface area (Å²) in [7, 11) is -2.29. The van der Waals surface area contributed by atoms with Crippen LogP contribution in [0.3, 0.4) is 0 Å². The molecule has 0 atom stereocenters. The van der Waals surface area contributed by atoms with Crippen LogP contribution in [-0.2, 0) is 10.0 Å². The monoisotopic (exact) mass is 277 g/mol. The molecular weight excluding hydrogens is 262 g/mol. The van der Waals surface area contributed by atoms with Crippen molar-refractivity contribution in [3.8, 4) is 0 Å². The predicted molar refractivity (Wildman–Crippen MR) is 66.1 cm³/mol. The van der Waals surface area contributed by atoms with Crippen LogP contribution in [0.5, 0.6) is 0 Å². The lowest BCUT2D eigenvalue weighted by atomic mass is 10.3. The highest BCUT2D eigenvalue weighted by Gasteiger charge is 2.31. The van der Waals surface area contributed by atoms with Gasteiger partial charge in [-0.3, -0.25) is 0 Å². The Bertz CT molecular complexity index is 531. The van der Waals surface area contributed by atoms with E-state index in [1.54, 1.807) is 26.2 Å². The van der Waals surface area contributed by atoms with Crippen molar-refractivity contribution in [1.82, 2.24) is 4.31 Å². The molecule has 5 nitrogen and oxygen atoms in total. The lowest BCUT2D eigenvalue weighted by molar-refractivity contribution is 0.0698. The van der Waals surface area contributed by atoms with Crippen molar-refractivity contribution < 1.29 is 18.3 Å². The topological polar surface area (TPSA) is 74.7 Å². The number of carboxylic acids is 1. The van der Waals surface area contributed by atoms with Crippen LogP contribution in [0.4, 0.5) is 0 Å². The van der Waals surface area contributed by atoms with Crippen LogP contribution in [0.1, 0.15) is 29.1 Å². The standard InChI is InChI=1S/C10H15NO4S2/c1-6(2)11(4)17(14,15)9-7(3)5-16-8(9)10(12)13/h5-6H,1-4H3,(H,12,13). The Balaban J connectivity index is 3.43. The fourth-order valence-corrected chi connectivity index (χ4v) is 4.27. The minimum absolute atomic E-state index is 0.0915. The van der Waals surface area contributed by atoms with Gasteiger partial charge in [-0.05, 0) is 31.7 Å². The minimum Gasteiger partial charge on any atom is -0.477 e. The van der Waals surface area contributed by atoms with Gasteiger partial charge in [-0.2, -0.15) is 4.31 Å². The lowest BCUT2D eigenvalue weighted by Gasteiger charge is -2.21. The van der Waals surface area contributed by atoms with E-state index in [1.165, 1.54) is 11.4 Å². The Kier molecular flexibility index (Phi) is 3.95. The fourth-order valence-electron chi connectivity index (χ4n) is 1.32. The summed E-state index contributed by atoms with van der Waals surface area (Å²) in [6.45, 7) is 5.07. The number of nitrogens with zero attached hydrogens (tertiary/aromatic N) is 1. The Labute approximate surface area is 105 Å². The highest BCUT2D eigenvalue weighted by Crippen LogP contribution is 2.29. The quantitative estimate of drug-likeness (QED) is 0.910. The molecular formula is C10H15NO4S2. The normalized spacial score (nSPS) is 12.4. The molecule has 1 N–H and O–H groups in total. The maximum absolute atomic E-state index is 12.3. The molecule has 17 heavy (non-hydrogen) atoms. The van der Waals surface area contributed by atoms with E-state index in [-0.39, 0.29) is 15.8 Å². The van der Waals surface area contributed by atoms with E-state index < -0.39 is 16.0 Å². The zero-order valence-corrected chi connectivity index (χ0v) is 11.7. The van der Waals surface area contributed by atoms with Gasteiger partial charge in [-0.25, -0.2) is 13.2 Å². The summed E-state index contributed by atoms with van der Waals surface area (Å²) in [5.74, 6) is -1.21. The molecule has 0 unspecified atom stereocenters. The van der Waals surface area contributed by atoms with Gasteiger partial charge < -0.3 is 5.11 Å². The van der Waals surface area contributed by atoms with Crippen LogP contribution >= 0.6 is 11.3 Å². The number of sulfonamides is 1. The van der Waals surface area contributed by atoms with Gasteiger partial charge in [0.1, 0.15) is 9.77 Å². The molecule has 96 valence electrons. The third kappa shape index (κ3) is 2.51. The minimum atomic E-state index is -3.74. The molecule has 0 saturated heterocycles. The largest absolute Gasteiger partial charge is 0.477 e. The van der Waals surface area contributed by atoms with Crippen LogP contribution in [-0.4, -0.2) is 36.9 Å². The Morgan fingerprint density at radius 1 is 1.47 bits per heavy atom. The van der Waals surface area contributed by atoms with Crippen molar-refractivity contribution in [3.63, 3.8) is 0 Å². The van der Waals surface area contributed by atoms with E-state index in [4.69, 9.17) is 5.11 Å². The number of carboxylic acid groups (broad SMARTS) is 1. The van der Waals surface area contributed by atoms with E-state index in [0.717, 1.165) is 11.3 Å². The summed E-state index contributed by atoms with van der Waals surface area (Å²) in [5.41, 5.74) is 0.472. The summed E-state index contributed by atoms with van der Waals surface area (Å²) in [6, 6.07) is -0.221. The van der Waals surface area contributed by atoms with E-state index in [9.17, 15) is 13.2 Å². The molecule has 0 aliphatic rings. The van der Waals surface area contributed by atoms with Crippen LogP contribution in [0.2, 0.25) is 0 Å². The second-order valence-corrected chi connectivity index (χ2v) is 6.81. The highest BCUT2D eigenvalue weighted by atomic mass is 32.2. The Morgan fingerprint density at radius 3 is 2.41 bits per heavy atom. The second kappa shape index (κ2) is 4.75. The maximum atomic E-state index is 12.3. The first-order chi connectivity index (χ1) is 7.69. The van der Waals surface area contributed by atoms with Crippen molar-refractivity contribution >= 4 is 27.3 Å². The van der Waals surface area contributed by atoms with Gasteiger partial charge in [-0.15, -0.1) is 11.3 Å². The molecule has 1 aromatic heterocycles. The molecule has 0 aliphatic heterocycles. The molecule has 7 heteroatoms. The first kappa shape index (κ1) is 14.1. The highest BCUT2D eigenvalue weighted by molar-refractivity contribution is 7.89. The summed E-state index contributed by atoms with van der Waals surface area (Å²) in [4.78, 5) is 10.8. The third-order valence-electron chi connectivity index (χ3n) is 2.48. The lowest BCUT2D eigenvalue weighted by Crippen LogP contribution is -2.33. The average molecular weight is 277 g/mol. The van der Waals surface area contributed by atoms with Gasteiger partial charge in [0.25, 0.3) is 0 Å². The molecule has 1 aromatic rings. The maximum Gasteiger partial charge on any atom is 0.347 e. The van der Waals surface area contributed by atoms with Crippen LogP contribution in [0.25, 0.3) is 0 Å². The number of rotatable bonds is 4. The second-order valence-electron chi connectivity index (χ2n) is 4.00. The first-order valence-electron chi connectivity index (χ1n) is 4.99. The molecule has 1 rings (SSSR count). The zero-order chi connectivity index (χ0) is 13.4. The van der Waals surface area contributed by atoms with Crippen molar-refractivity contribution in [1.29, 1.82) is 0 Å². The van der Waals surface area contributed by atoms with E-state index >= 15 is 0 Å². The number of thiophene rings is 1. The fraction of sp³-hybridized carbons (Fsp3) is 0.500. The molecule has 0 aromatic carbocycles. The number of aryl methyl sites for hydroxylation is 1. The van der Waals surface area contributed by atoms with Gasteiger partial charge in [0.05, 0.1) is 0 Å². The van der Waals surface area contributed by atoms with Gasteiger partial charge in [-0.1, -0.05) is 0 Å². The molecule has 0 radical (unpaired) electrons. The third-order valence-corrected chi connectivity index (χ3v) is 5.91. The summed E-state index contributed by atoms with van der Waals surface area (Å²) >= 11 is 0.935. The number of hydrogen-bond donors (Lipinski definition) is 1. The first-order valence-corrected chi connectivity index (χ1v) is 7.31. The van der Waals surface area contributed by atoms with Crippen molar-refractivity contribution in [2.45, 2.75) is 31.7 Å². The van der Waals surface area contributed by atoms with E-state index in [1.807, 2.05) is 0 Å². The molecule has 0 aliphatic carbocycles. The Morgan fingerprint density at radius 2 is 2.00 bits per heavy atom. The van der Waals surface area contributed by atoms with Crippen molar-refractivity contribution in [3.05, 3.63) is 15.8 Å². The SMILES string of the molecule is Cc1csc(C(=O)O)c1S(=O)(=O)N(C)C(C)C. The predicted octanol–water partition coefficient (Wildman–Crippen LogP) is 1.78. The van der Waals surface area contributed by atoms with Crippen molar-refractivity contribution in [2.75, 3.05) is 7.05 Å². The van der Waals surface area contributed by atoms with Gasteiger partial charge in [0.2, 0.25) is 10.0 Å². The van der Waals surface area contributed by atoms with Crippen LogP contribution < -0.4 is 0 Å². The molecule has 1 heterocycles. The molecule has 0 spiro atoms. The van der Waals surface area contributed by atoms with Gasteiger partial charge in [0.15, 0.2) is 0 Å². The van der Waals surface area contributed by atoms with E-state index in [0.29, 0.717) is 5.56 Å². The molecule has 0 bridgehead atoms. The van der Waals surface area contributed by atoms with Gasteiger partial charge >= 0.3 is 5.97 Å². The van der Waals surface area contributed by atoms with Crippen LogP contribution in [0.15, 0.2) is 10.3 Å². The van der Waals surface area contributed by atoms with Crippen molar-refractivity contribution in [2.24, 2.45) is 0 Å². The number of carbonyl (C=O) groups is 1. The number of hydrogen-bond acceptors (Lipinski definition) is 4. The smallest absolute Gasteiger partial charge is 0.347 e. The molecule has 0 saturated carbocycles. The molecule has 0 fully saturated rings. The van der Waals surface area contributed by atoms with Crippen LogP contribution in [0, 0.1) is 6.92 Å². The number of aromatic carboxylic acids is 1. The zero-order valence-electron chi connectivity index (χ0n) is 10.1. The molecule has 0 amide bonds. The average Bonchev–Trinajstić information content (AvgIpc) is 2.59. The summed E-state index contributed by atoms with van der Waals surface area (Å²) in [5, 5.41) is 10.5. The van der Waals surface area contributed by atoms with E-state index in [2.05, 4.69) is 0 Å². The summed E-state index contributed by atoms with van der Waals surface area (Å²) < 4.78 is 25.7. The Hall–Kier alpha value is -0.920. The summed E-state index contributed by atoms with van der Waals surface area (Å²) in [6.07, 6.45) is 0.